The van der Waals surface area contributed by atoms with E-state index >= 15 is 0 Å². The number of aromatic hydroxyl groups is 2. The van der Waals surface area contributed by atoms with Crippen LogP contribution in [0.15, 0.2) is 127 Å². The number of phenols is 2. The van der Waals surface area contributed by atoms with E-state index in [2.05, 4.69) is 20.5 Å². The number of fused-ring (bicyclic) bond motifs is 2. The van der Waals surface area contributed by atoms with Crippen LogP contribution in [0, 0.1) is 13.8 Å². The Bertz CT molecular complexity index is 2390. The Labute approximate surface area is 274 Å². The minimum atomic E-state index is -4.40. The zero-order valence-corrected chi connectivity index (χ0v) is 26.9. The minimum absolute atomic E-state index is 0.144. The number of phenolic OH excluding ortho intramolecular Hbond substituents is 2. The molecule has 0 fully saturated rings. The highest BCUT2D eigenvalue weighted by atomic mass is 32.2. The lowest BCUT2D eigenvalue weighted by molar-refractivity contribution is 0.476. The van der Waals surface area contributed by atoms with Crippen molar-refractivity contribution in [2.75, 3.05) is 0 Å². The van der Waals surface area contributed by atoms with Crippen LogP contribution in [-0.4, -0.2) is 36.2 Å². The van der Waals surface area contributed by atoms with Crippen molar-refractivity contribution in [3.8, 4) is 22.6 Å². The summed E-state index contributed by atoms with van der Waals surface area (Å²) in [7, 11) is -8.79. The van der Waals surface area contributed by atoms with E-state index in [1.165, 1.54) is 60.7 Å². The molecule has 0 bridgehead atoms. The molecule has 6 aromatic carbocycles. The lowest BCUT2D eigenvalue weighted by Gasteiger charge is -2.11. The van der Waals surface area contributed by atoms with Crippen molar-refractivity contribution in [1.82, 2.24) is 0 Å². The third-order valence-electron chi connectivity index (χ3n) is 7.72. The summed E-state index contributed by atoms with van der Waals surface area (Å²) < 4.78 is 64.9. The van der Waals surface area contributed by atoms with Crippen LogP contribution in [0.1, 0.15) is 11.1 Å². The SMILES string of the molecule is Cc1cc(N=Nc2c(O)ccc3cc(S(=O)(=O)O)ccc23)ccc1-c1ccc(N=Nc2c(O)ccc3cc(S(=O)(=O)O)ccc23)cc1C. The molecule has 4 N–H and O–H groups in total. The van der Waals surface area contributed by atoms with Gasteiger partial charge in [-0.2, -0.15) is 27.1 Å². The maximum atomic E-state index is 11.5. The molecule has 242 valence electrons. The fourth-order valence-corrected chi connectivity index (χ4v) is 6.36. The molecule has 0 aliphatic heterocycles. The fraction of sp³-hybridized carbons (Fsp3) is 0.0588. The fourth-order valence-electron chi connectivity index (χ4n) is 5.33. The summed E-state index contributed by atoms with van der Waals surface area (Å²) in [6.07, 6.45) is 0. The Kier molecular flexibility index (Phi) is 8.26. The number of azo groups is 2. The van der Waals surface area contributed by atoms with Crippen molar-refractivity contribution >= 4 is 64.5 Å². The van der Waals surface area contributed by atoms with Gasteiger partial charge < -0.3 is 10.2 Å². The van der Waals surface area contributed by atoms with Crippen LogP contribution in [0.5, 0.6) is 11.5 Å². The first-order valence-corrected chi connectivity index (χ1v) is 17.1. The Hall–Kier alpha value is -5.54. The van der Waals surface area contributed by atoms with E-state index < -0.39 is 20.2 Å². The van der Waals surface area contributed by atoms with Gasteiger partial charge in [0.1, 0.15) is 22.9 Å². The summed E-state index contributed by atoms with van der Waals surface area (Å²) in [6.45, 7) is 3.84. The van der Waals surface area contributed by atoms with Crippen LogP contribution in [0.25, 0.3) is 32.7 Å². The Balaban J connectivity index is 1.26. The largest absolute Gasteiger partial charge is 0.506 e. The zero-order valence-electron chi connectivity index (χ0n) is 25.3. The lowest BCUT2D eigenvalue weighted by atomic mass is 9.96. The molecule has 0 saturated heterocycles. The second-order valence-electron chi connectivity index (χ2n) is 11.0. The standard InChI is InChI=1S/C34H26N4O8S2/c1-19-15-23(35-37-33-29-11-7-25(47(41,42)43)17-21(29)3-13-31(33)39)5-9-27(19)28-10-6-24(16-20(28)2)36-38-34-30-12-8-26(48(44,45)46)18-22(30)4-14-32(34)40/h3-18,39-40H,1-2H3,(H,41,42,43)(H,44,45,46). The molecule has 0 atom stereocenters. The van der Waals surface area contributed by atoms with Crippen molar-refractivity contribution in [2.24, 2.45) is 20.5 Å². The van der Waals surface area contributed by atoms with Crippen LogP contribution in [0.3, 0.4) is 0 Å². The highest BCUT2D eigenvalue weighted by Crippen LogP contribution is 2.39. The summed E-state index contributed by atoms with van der Waals surface area (Å²) in [5, 5.41) is 39.8. The van der Waals surface area contributed by atoms with Gasteiger partial charge in [0.2, 0.25) is 0 Å². The van der Waals surface area contributed by atoms with E-state index in [1.807, 2.05) is 38.1 Å². The summed E-state index contributed by atoms with van der Waals surface area (Å²) in [4.78, 5) is -0.547. The average molecular weight is 683 g/mol. The second kappa shape index (κ2) is 12.2. The Morgan fingerprint density at radius 1 is 0.479 bits per heavy atom. The molecule has 0 aliphatic rings. The normalized spacial score (nSPS) is 12.5. The van der Waals surface area contributed by atoms with Gasteiger partial charge in [0, 0.05) is 10.8 Å². The van der Waals surface area contributed by atoms with Crippen molar-refractivity contribution in [2.45, 2.75) is 23.6 Å². The van der Waals surface area contributed by atoms with Crippen molar-refractivity contribution in [3.05, 3.63) is 108 Å². The summed E-state index contributed by atoms with van der Waals surface area (Å²) >= 11 is 0. The maximum Gasteiger partial charge on any atom is 0.294 e. The third-order valence-corrected chi connectivity index (χ3v) is 9.42. The third kappa shape index (κ3) is 6.50. The summed E-state index contributed by atoms with van der Waals surface area (Å²) in [5.74, 6) is -0.289. The van der Waals surface area contributed by atoms with Gasteiger partial charge in [-0.3, -0.25) is 9.11 Å². The zero-order chi connectivity index (χ0) is 34.4. The van der Waals surface area contributed by atoms with E-state index in [9.17, 15) is 36.2 Å². The van der Waals surface area contributed by atoms with Crippen LogP contribution in [0.2, 0.25) is 0 Å². The quantitative estimate of drug-likeness (QED) is 0.0944. The van der Waals surface area contributed by atoms with Gasteiger partial charge in [-0.25, -0.2) is 0 Å². The van der Waals surface area contributed by atoms with E-state index in [0.717, 1.165) is 22.3 Å². The summed E-state index contributed by atoms with van der Waals surface area (Å²) in [5.41, 5.74) is 4.99. The lowest BCUT2D eigenvalue weighted by Crippen LogP contribution is -1.97. The molecule has 12 nitrogen and oxygen atoms in total. The first kappa shape index (κ1) is 32.4. The van der Waals surface area contributed by atoms with Crippen molar-refractivity contribution < 1.29 is 36.2 Å². The van der Waals surface area contributed by atoms with Crippen LogP contribution < -0.4 is 0 Å². The van der Waals surface area contributed by atoms with E-state index in [-0.39, 0.29) is 32.7 Å². The van der Waals surface area contributed by atoms with Crippen LogP contribution in [-0.2, 0) is 20.2 Å². The molecule has 0 heterocycles. The molecule has 6 aromatic rings. The Morgan fingerprint density at radius 3 is 1.23 bits per heavy atom. The monoisotopic (exact) mass is 682 g/mol. The molecule has 0 saturated carbocycles. The highest BCUT2D eigenvalue weighted by molar-refractivity contribution is 7.86. The smallest absolute Gasteiger partial charge is 0.294 e. The molecule has 0 amide bonds. The number of rotatable bonds is 7. The van der Waals surface area contributed by atoms with Gasteiger partial charge in [-0.05, 0) is 108 Å². The molecule has 48 heavy (non-hydrogen) atoms. The van der Waals surface area contributed by atoms with Gasteiger partial charge in [0.25, 0.3) is 20.2 Å². The van der Waals surface area contributed by atoms with Gasteiger partial charge in [0.05, 0.1) is 21.2 Å². The van der Waals surface area contributed by atoms with E-state index in [1.54, 1.807) is 12.1 Å². The predicted octanol–water partition coefficient (Wildman–Crippen LogP) is 9.01. The first-order valence-electron chi connectivity index (χ1n) is 14.2. The topological polar surface area (TPSA) is 199 Å². The number of nitrogens with zero attached hydrogens (tertiary/aromatic N) is 4. The van der Waals surface area contributed by atoms with E-state index in [4.69, 9.17) is 0 Å². The van der Waals surface area contributed by atoms with Gasteiger partial charge in [-0.1, -0.05) is 36.4 Å². The van der Waals surface area contributed by atoms with Gasteiger partial charge >= 0.3 is 0 Å². The molecule has 14 heteroatoms. The molecule has 0 spiro atoms. The van der Waals surface area contributed by atoms with Gasteiger partial charge in [0.15, 0.2) is 0 Å². The maximum absolute atomic E-state index is 11.5. The second-order valence-corrected chi connectivity index (χ2v) is 13.8. The first-order chi connectivity index (χ1) is 22.7. The molecular weight excluding hydrogens is 657 g/mol. The molecular formula is C34H26N4O8S2. The number of aryl methyl sites for hydroxylation is 2. The number of hydrogen-bond acceptors (Lipinski definition) is 10. The number of hydrogen-bond donors (Lipinski definition) is 4. The number of benzene rings is 6. The van der Waals surface area contributed by atoms with Crippen LogP contribution in [0.4, 0.5) is 22.7 Å². The molecule has 0 unspecified atom stereocenters. The van der Waals surface area contributed by atoms with Crippen LogP contribution >= 0.6 is 0 Å². The average Bonchev–Trinajstić information content (AvgIpc) is 3.03. The van der Waals surface area contributed by atoms with E-state index in [0.29, 0.717) is 32.9 Å². The molecule has 0 aliphatic carbocycles. The Morgan fingerprint density at radius 2 is 0.875 bits per heavy atom. The molecule has 0 aromatic heterocycles. The molecule has 0 radical (unpaired) electrons. The summed E-state index contributed by atoms with van der Waals surface area (Å²) in [6, 6.07) is 24.7. The van der Waals surface area contributed by atoms with Crippen molar-refractivity contribution in [1.29, 1.82) is 0 Å². The predicted molar refractivity (Wildman–Crippen MR) is 181 cm³/mol. The van der Waals surface area contributed by atoms with Crippen molar-refractivity contribution in [3.63, 3.8) is 0 Å². The highest BCUT2D eigenvalue weighted by Gasteiger charge is 2.15. The van der Waals surface area contributed by atoms with Gasteiger partial charge in [-0.15, -0.1) is 10.2 Å². The molecule has 6 rings (SSSR count). The minimum Gasteiger partial charge on any atom is -0.506 e.